The van der Waals surface area contributed by atoms with Gasteiger partial charge in [0.25, 0.3) is 0 Å². The van der Waals surface area contributed by atoms with E-state index >= 15 is 0 Å². The van der Waals surface area contributed by atoms with Gasteiger partial charge in [-0.05, 0) is 40.3 Å². The second kappa shape index (κ2) is 4.57. The highest BCUT2D eigenvalue weighted by molar-refractivity contribution is 14.1. The van der Waals surface area contributed by atoms with Crippen molar-refractivity contribution in [2.75, 3.05) is 0 Å². The normalized spacial score (nSPS) is 10.2. The van der Waals surface area contributed by atoms with Crippen LogP contribution in [0.5, 0.6) is 0 Å². The maximum atomic E-state index is 10.6. The van der Waals surface area contributed by atoms with Crippen LogP contribution in [-0.4, -0.2) is 15.8 Å². The Labute approximate surface area is 101 Å². The minimum absolute atomic E-state index is 0.466. The molecule has 1 heterocycles. The molecule has 0 atom stereocenters. The van der Waals surface area contributed by atoms with E-state index in [1.165, 1.54) is 3.57 Å². The Morgan fingerprint density at radius 3 is 2.73 bits per heavy atom. The molecule has 1 aromatic carbocycles. The van der Waals surface area contributed by atoms with Crippen molar-refractivity contribution in [2.45, 2.75) is 6.54 Å². The molecule has 0 fully saturated rings. The standard InChI is InChI=1S/C11H9IN2O/c12-10-3-1-9(2-4-10)7-14-6-5-13-11(14)8-15/h1-6,8H,7H2. The summed E-state index contributed by atoms with van der Waals surface area (Å²) in [6.45, 7) is 0.686. The molecule has 0 N–H and O–H groups in total. The number of halogens is 1. The van der Waals surface area contributed by atoms with Crippen LogP contribution in [0.2, 0.25) is 0 Å². The fraction of sp³-hybridized carbons (Fsp3) is 0.0909. The molecule has 0 spiro atoms. The van der Waals surface area contributed by atoms with Crippen LogP contribution in [0.4, 0.5) is 0 Å². The van der Waals surface area contributed by atoms with E-state index in [0.717, 1.165) is 11.8 Å². The summed E-state index contributed by atoms with van der Waals surface area (Å²) < 4.78 is 3.03. The molecule has 0 saturated carbocycles. The minimum Gasteiger partial charge on any atom is -0.324 e. The number of nitrogens with zero attached hydrogens (tertiary/aromatic N) is 2. The fourth-order valence-corrected chi connectivity index (χ4v) is 1.72. The van der Waals surface area contributed by atoms with E-state index < -0.39 is 0 Å². The third-order valence-electron chi connectivity index (χ3n) is 2.12. The Morgan fingerprint density at radius 1 is 1.33 bits per heavy atom. The molecule has 3 nitrogen and oxygen atoms in total. The quantitative estimate of drug-likeness (QED) is 0.644. The zero-order valence-corrected chi connectivity index (χ0v) is 10.1. The van der Waals surface area contributed by atoms with Gasteiger partial charge in [0.2, 0.25) is 0 Å². The molecule has 0 radical (unpaired) electrons. The third-order valence-corrected chi connectivity index (χ3v) is 2.84. The predicted octanol–water partition coefficient (Wildman–Crippen LogP) is 2.35. The summed E-state index contributed by atoms with van der Waals surface area (Å²) in [5, 5.41) is 0. The Kier molecular flexibility index (Phi) is 3.15. The van der Waals surface area contributed by atoms with E-state index in [4.69, 9.17) is 0 Å². The average molecular weight is 312 g/mol. The number of hydrogen-bond acceptors (Lipinski definition) is 2. The number of hydrogen-bond donors (Lipinski definition) is 0. The van der Waals surface area contributed by atoms with Gasteiger partial charge in [0.1, 0.15) is 0 Å². The zero-order valence-electron chi connectivity index (χ0n) is 7.93. The summed E-state index contributed by atoms with van der Waals surface area (Å²) in [4.78, 5) is 14.6. The van der Waals surface area contributed by atoms with Crippen molar-refractivity contribution in [3.05, 3.63) is 51.6 Å². The Morgan fingerprint density at radius 2 is 2.07 bits per heavy atom. The maximum Gasteiger partial charge on any atom is 0.185 e. The van der Waals surface area contributed by atoms with E-state index in [0.29, 0.717) is 12.4 Å². The monoisotopic (exact) mass is 312 g/mol. The van der Waals surface area contributed by atoms with E-state index in [1.807, 2.05) is 22.9 Å². The van der Waals surface area contributed by atoms with Crippen molar-refractivity contribution in [1.29, 1.82) is 0 Å². The second-order valence-corrected chi connectivity index (χ2v) is 4.40. The number of rotatable bonds is 3. The van der Waals surface area contributed by atoms with Gasteiger partial charge in [-0.25, -0.2) is 4.98 Å². The molecule has 0 amide bonds. The number of carbonyl (C=O) groups is 1. The molecule has 2 aromatic rings. The molecule has 0 unspecified atom stereocenters. The van der Waals surface area contributed by atoms with Gasteiger partial charge >= 0.3 is 0 Å². The summed E-state index contributed by atoms with van der Waals surface area (Å²) in [7, 11) is 0. The zero-order chi connectivity index (χ0) is 10.7. The first-order chi connectivity index (χ1) is 7.29. The predicted molar refractivity (Wildman–Crippen MR) is 65.9 cm³/mol. The smallest absolute Gasteiger partial charge is 0.185 e. The second-order valence-electron chi connectivity index (χ2n) is 3.16. The molecule has 0 aliphatic heterocycles. The van der Waals surface area contributed by atoms with E-state index in [-0.39, 0.29) is 0 Å². The van der Waals surface area contributed by atoms with Crippen LogP contribution in [0.25, 0.3) is 0 Å². The number of carbonyl (C=O) groups excluding carboxylic acids is 1. The largest absolute Gasteiger partial charge is 0.324 e. The maximum absolute atomic E-state index is 10.6. The van der Waals surface area contributed by atoms with E-state index in [1.54, 1.807) is 6.20 Å². The van der Waals surface area contributed by atoms with Gasteiger partial charge in [-0.1, -0.05) is 12.1 Å². The molecule has 0 aliphatic carbocycles. The molecule has 15 heavy (non-hydrogen) atoms. The molecule has 0 aliphatic rings. The molecule has 4 heteroatoms. The van der Waals surface area contributed by atoms with Crippen LogP contribution >= 0.6 is 22.6 Å². The topological polar surface area (TPSA) is 34.9 Å². The number of aldehydes is 1. The van der Waals surface area contributed by atoms with Crippen LogP contribution in [0.3, 0.4) is 0 Å². The van der Waals surface area contributed by atoms with Gasteiger partial charge in [-0.15, -0.1) is 0 Å². The lowest BCUT2D eigenvalue weighted by molar-refractivity contribution is 0.111. The first kappa shape index (κ1) is 10.4. The summed E-state index contributed by atoms with van der Waals surface area (Å²) in [5.74, 6) is 0.466. The number of imidazole rings is 1. The summed E-state index contributed by atoms with van der Waals surface area (Å²) in [5.41, 5.74) is 1.16. The van der Waals surface area contributed by atoms with Gasteiger partial charge in [-0.3, -0.25) is 4.79 Å². The lowest BCUT2D eigenvalue weighted by atomic mass is 10.2. The van der Waals surface area contributed by atoms with Crippen molar-refractivity contribution in [1.82, 2.24) is 9.55 Å². The third kappa shape index (κ3) is 2.44. The van der Waals surface area contributed by atoms with Crippen molar-refractivity contribution < 1.29 is 4.79 Å². The van der Waals surface area contributed by atoms with E-state index in [9.17, 15) is 4.79 Å². The molecule has 2 rings (SSSR count). The van der Waals surface area contributed by atoms with Crippen LogP contribution in [0.15, 0.2) is 36.7 Å². The SMILES string of the molecule is O=Cc1nccn1Cc1ccc(I)cc1. The van der Waals surface area contributed by atoms with Crippen molar-refractivity contribution in [2.24, 2.45) is 0 Å². The van der Waals surface area contributed by atoms with Crippen LogP contribution in [-0.2, 0) is 6.54 Å². The lowest BCUT2D eigenvalue weighted by Crippen LogP contribution is -2.03. The number of aromatic nitrogens is 2. The van der Waals surface area contributed by atoms with Crippen LogP contribution in [0, 0.1) is 3.57 Å². The first-order valence-corrected chi connectivity index (χ1v) is 5.58. The van der Waals surface area contributed by atoms with Crippen molar-refractivity contribution >= 4 is 28.9 Å². The summed E-state index contributed by atoms with van der Waals surface area (Å²) >= 11 is 2.27. The molecule has 76 valence electrons. The molecular weight excluding hydrogens is 303 g/mol. The highest BCUT2D eigenvalue weighted by Gasteiger charge is 2.01. The van der Waals surface area contributed by atoms with Gasteiger partial charge < -0.3 is 4.57 Å². The Hall–Kier alpha value is -1.17. The summed E-state index contributed by atoms with van der Waals surface area (Å²) in [6, 6.07) is 8.20. The molecule has 0 bridgehead atoms. The average Bonchev–Trinajstić information content (AvgIpc) is 2.69. The lowest BCUT2D eigenvalue weighted by Gasteiger charge is -2.04. The van der Waals surface area contributed by atoms with Gasteiger partial charge in [0, 0.05) is 22.5 Å². The first-order valence-electron chi connectivity index (χ1n) is 4.50. The molecule has 0 saturated heterocycles. The Balaban J connectivity index is 2.21. The van der Waals surface area contributed by atoms with Gasteiger partial charge in [-0.2, -0.15) is 0 Å². The highest BCUT2D eigenvalue weighted by atomic mass is 127. The summed E-state index contributed by atoms with van der Waals surface area (Å²) in [6.07, 6.45) is 4.21. The van der Waals surface area contributed by atoms with Crippen molar-refractivity contribution in [3.8, 4) is 0 Å². The van der Waals surface area contributed by atoms with Gasteiger partial charge in [0.15, 0.2) is 12.1 Å². The fourth-order valence-electron chi connectivity index (χ4n) is 1.36. The Bertz CT molecular complexity index is 462. The minimum atomic E-state index is 0.466. The highest BCUT2D eigenvalue weighted by Crippen LogP contribution is 2.08. The van der Waals surface area contributed by atoms with Crippen LogP contribution in [0.1, 0.15) is 16.2 Å². The number of benzene rings is 1. The van der Waals surface area contributed by atoms with E-state index in [2.05, 4.69) is 39.7 Å². The van der Waals surface area contributed by atoms with Crippen LogP contribution < -0.4 is 0 Å². The molecule has 1 aromatic heterocycles. The van der Waals surface area contributed by atoms with Gasteiger partial charge in [0.05, 0.1) is 0 Å². The molecular formula is C11H9IN2O. The van der Waals surface area contributed by atoms with Crippen molar-refractivity contribution in [3.63, 3.8) is 0 Å².